The third-order valence-corrected chi connectivity index (χ3v) is 4.90. The molecule has 1 N–H and O–H groups in total. The van der Waals surface area contributed by atoms with Gasteiger partial charge in [0.2, 0.25) is 0 Å². The second-order valence-electron chi connectivity index (χ2n) is 6.57. The fourth-order valence-electron chi connectivity index (χ4n) is 3.18. The summed E-state index contributed by atoms with van der Waals surface area (Å²) in [4.78, 5) is 39.0. The molecule has 4 amide bonds. The van der Waals surface area contributed by atoms with Gasteiger partial charge in [-0.05, 0) is 41.8 Å². The van der Waals surface area contributed by atoms with Gasteiger partial charge in [0.15, 0.2) is 11.5 Å². The monoisotopic (exact) mass is 440 g/mol. The highest BCUT2D eigenvalue weighted by molar-refractivity contribution is 6.39. The Hall–Kier alpha value is -3.58. The number of carbonyl (C=O) groups is 3. The Morgan fingerprint density at radius 3 is 2.61 bits per heavy atom. The number of aryl methyl sites for hydroxylation is 1. The van der Waals surface area contributed by atoms with Crippen molar-refractivity contribution in [2.45, 2.75) is 13.3 Å². The van der Waals surface area contributed by atoms with Crippen LogP contribution in [0.3, 0.4) is 0 Å². The topological polar surface area (TPSA) is 84.9 Å². The van der Waals surface area contributed by atoms with Gasteiger partial charge in [-0.3, -0.25) is 14.9 Å². The van der Waals surface area contributed by atoms with E-state index < -0.39 is 17.8 Å². The van der Waals surface area contributed by atoms with E-state index in [2.05, 4.69) is 11.9 Å². The third-order valence-electron chi connectivity index (χ3n) is 4.62. The maximum absolute atomic E-state index is 13.1. The molecule has 7 nitrogen and oxygen atoms in total. The van der Waals surface area contributed by atoms with Crippen molar-refractivity contribution < 1.29 is 23.9 Å². The van der Waals surface area contributed by atoms with Crippen LogP contribution in [0.5, 0.6) is 11.5 Å². The van der Waals surface area contributed by atoms with Crippen LogP contribution in [0.1, 0.15) is 18.1 Å². The highest BCUT2D eigenvalue weighted by Crippen LogP contribution is 2.37. The minimum absolute atomic E-state index is 0.205. The fourth-order valence-corrected chi connectivity index (χ4v) is 3.45. The summed E-state index contributed by atoms with van der Waals surface area (Å²) in [5.74, 6) is -0.868. The normalized spacial score (nSPS) is 15.1. The molecule has 2 aromatic carbocycles. The van der Waals surface area contributed by atoms with Gasteiger partial charge in [-0.1, -0.05) is 49.4 Å². The number of nitrogens with zero attached hydrogens (tertiary/aromatic N) is 1. The Kier molecular flexibility index (Phi) is 6.77. The van der Waals surface area contributed by atoms with Crippen molar-refractivity contribution in [2.24, 2.45) is 0 Å². The molecule has 0 unspecified atom stereocenters. The van der Waals surface area contributed by atoms with Crippen LogP contribution in [-0.4, -0.2) is 31.6 Å². The molecule has 1 aliphatic heterocycles. The highest BCUT2D eigenvalue weighted by Gasteiger charge is 2.37. The van der Waals surface area contributed by atoms with E-state index in [1.807, 2.05) is 19.1 Å². The van der Waals surface area contributed by atoms with Gasteiger partial charge in [-0.15, -0.1) is 0 Å². The van der Waals surface area contributed by atoms with Gasteiger partial charge >= 0.3 is 6.03 Å². The van der Waals surface area contributed by atoms with Gasteiger partial charge in [0.25, 0.3) is 11.8 Å². The number of imide groups is 2. The number of ether oxygens (including phenoxy) is 2. The van der Waals surface area contributed by atoms with E-state index in [0.29, 0.717) is 29.2 Å². The van der Waals surface area contributed by atoms with Gasteiger partial charge in [0, 0.05) is 0 Å². The summed E-state index contributed by atoms with van der Waals surface area (Å²) < 4.78 is 10.8. The number of benzene rings is 2. The summed E-state index contributed by atoms with van der Waals surface area (Å²) in [5.41, 5.74) is 1.45. The van der Waals surface area contributed by atoms with Crippen molar-refractivity contribution in [3.8, 4) is 11.5 Å². The Morgan fingerprint density at radius 1 is 1.19 bits per heavy atom. The molecule has 0 saturated carbocycles. The van der Waals surface area contributed by atoms with E-state index in [1.165, 1.54) is 19.3 Å². The van der Waals surface area contributed by atoms with Crippen molar-refractivity contribution >= 4 is 41.2 Å². The molecule has 1 fully saturated rings. The maximum Gasteiger partial charge on any atom is 0.335 e. The van der Waals surface area contributed by atoms with Gasteiger partial charge in [-0.2, -0.15) is 0 Å². The number of barbiturate groups is 1. The number of nitrogens with one attached hydrogen (secondary N) is 1. The third kappa shape index (κ3) is 4.46. The Morgan fingerprint density at radius 2 is 1.94 bits per heavy atom. The molecule has 0 spiro atoms. The Bertz CT molecular complexity index is 1090. The molecular formula is C23H21ClN2O5. The smallest absolute Gasteiger partial charge is 0.335 e. The molecular weight excluding hydrogens is 420 g/mol. The summed E-state index contributed by atoms with van der Waals surface area (Å²) in [6.07, 6.45) is 3.53. The number of carbonyl (C=O) groups excluding carboxylic acids is 3. The van der Waals surface area contributed by atoms with E-state index in [-0.39, 0.29) is 17.2 Å². The van der Waals surface area contributed by atoms with Crippen molar-refractivity contribution in [3.05, 3.63) is 70.8 Å². The second-order valence-corrected chi connectivity index (χ2v) is 6.98. The van der Waals surface area contributed by atoms with E-state index in [1.54, 1.807) is 24.3 Å². The molecule has 0 radical (unpaired) electrons. The Labute approximate surface area is 184 Å². The molecule has 0 aliphatic carbocycles. The predicted molar refractivity (Wildman–Crippen MR) is 119 cm³/mol. The molecule has 2 aromatic rings. The minimum Gasteiger partial charge on any atom is -0.493 e. The summed E-state index contributed by atoms with van der Waals surface area (Å²) in [7, 11) is 1.45. The van der Waals surface area contributed by atoms with Gasteiger partial charge < -0.3 is 9.47 Å². The molecule has 0 atom stereocenters. The van der Waals surface area contributed by atoms with Crippen LogP contribution in [0.4, 0.5) is 10.5 Å². The molecule has 8 heteroatoms. The van der Waals surface area contributed by atoms with Crippen molar-refractivity contribution in [2.75, 3.05) is 18.6 Å². The van der Waals surface area contributed by atoms with Crippen LogP contribution in [0.15, 0.2) is 54.6 Å². The molecule has 3 rings (SSSR count). The fraction of sp³-hybridized carbons (Fsp3) is 0.174. The number of methoxy groups -OCH3 is 1. The van der Waals surface area contributed by atoms with E-state index in [4.69, 9.17) is 21.1 Å². The van der Waals surface area contributed by atoms with E-state index in [0.717, 1.165) is 10.5 Å². The first-order valence-electron chi connectivity index (χ1n) is 9.51. The van der Waals surface area contributed by atoms with E-state index in [9.17, 15) is 14.4 Å². The number of amides is 4. The van der Waals surface area contributed by atoms with Gasteiger partial charge in [0.1, 0.15) is 12.2 Å². The molecule has 31 heavy (non-hydrogen) atoms. The lowest BCUT2D eigenvalue weighted by Crippen LogP contribution is -2.54. The molecule has 0 aromatic heterocycles. The highest BCUT2D eigenvalue weighted by atomic mass is 35.5. The largest absolute Gasteiger partial charge is 0.493 e. The SMILES string of the molecule is C=CCOc1c(Cl)cc(/C=C2/C(=O)NC(=O)N(c3ccccc3CC)C2=O)cc1OC. The average molecular weight is 441 g/mol. The van der Waals surface area contributed by atoms with Crippen LogP contribution >= 0.6 is 11.6 Å². The number of hydrogen-bond donors (Lipinski definition) is 1. The first-order chi connectivity index (χ1) is 14.9. The minimum atomic E-state index is -0.795. The number of urea groups is 1. The number of halogens is 1. The first kappa shape index (κ1) is 22.1. The zero-order valence-electron chi connectivity index (χ0n) is 17.1. The lowest BCUT2D eigenvalue weighted by atomic mass is 10.0. The van der Waals surface area contributed by atoms with Crippen LogP contribution in [0, 0.1) is 0 Å². The number of hydrogen-bond acceptors (Lipinski definition) is 5. The lowest BCUT2D eigenvalue weighted by molar-refractivity contribution is -0.122. The first-order valence-corrected chi connectivity index (χ1v) is 9.89. The number of rotatable bonds is 7. The van der Waals surface area contributed by atoms with Crippen LogP contribution < -0.4 is 19.7 Å². The van der Waals surface area contributed by atoms with Gasteiger partial charge in [-0.25, -0.2) is 9.69 Å². The molecule has 0 bridgehead atoms. The summed E-state index contributed by atoms with van der Waals surface area (Å²) in [6.45, 7) is 5.73. The van der Waals surface area contributed by atoms with Crippen LogP contribution in [0.2, 0.25) is 5.02 Å². The second kappa shape index (κ2) is 9.49. The number of para-hydroxylation sites is 1. The molecule has 1 saturated heterocycles. The van der Waals surface area contributed by atoms with E-state index >= 15 is 0 Å². The Balaban J connectivity index is 2.04. The zero-order valence-corrected chi connectivity index (χ0v) is 17.9. The summed E-state index contributed by atoms with van der Waals surface area (Å²) >= 11 is 6.31. The zero-order chi connectivity index (χ0) is 22.5. The van der Waals surface area contributed by atoms with Crippen LogP contribution in [-0.2, 0) is 16.0 Å². The number of anilines is 1. The van der Waals surface area contributed by atoms with Gasteiger partial charge in [0.05, 0.1) is 17.8 Å². The van der Waals surface area contributed by atoms with Crippen molar-refractivity contribution in [1.82, 2.24) is 5.32 Å². The van der Waals surface area contributed by atoms with Crippen molar-refractivity contribution in [3.63, 3.8) is 0 Å². The summed E-state index contributed by atoms with van der Waals surface area (Å²) in [6, 6.07) is 9.35. The van der Waals surface area contributed by atoms with Crippen LogP contribution in [0.25, 0.3) is 6.08 Å². The average Bonchev–Trinajstić information content (AvgIpc) is 2.75. The predicted octanol–water partition coefficient (Wildman–Crippen LogP) is 4.14. The molecule has 1 heterocycles. The van der Waals surface area contributed by atoms with Crippen molar-refractivity contribution in [1.29, 1.82) is 0 Å². The maximum atomic E-state index is 13.1. The quantitative estimate of drug-likeness (QED) is 0.397. The molecule has 1 aliphatic rings. The standard InChI is InChI=1S/C23H21ClN2O5/c1-4-10-31-20-17(24)12-14(13-19(20)30-3)11-16-21(27)25-23(29)26(22(16)28)18-9-7-6-8-15(18)5-2/h4,6-9,11-13H,1,5,10H2,2-3H3,(H,25,27,29)/b16-11-. The lowest BCUT2D eigenvalue weighted by Gasteiger charge is -2.28. The molecule has 160 valence electrons. The summed E-state index contributed by atoms with van der Waals surface area (Å²) in [5, 5.41) is 2.46.